The Morgan fingerprint density at radius 1 is 1.10 bits per heavy atom. The molecule has 0 aliphatic heterocycles. The van der Waals surface area contributed by atoms with Crippen LogP contribution in [0.3, 0.4) is 0 Å². The second-order valence-corrected chi connectivity index (χ2v) is 5.47. The molecule has 0 amide bonds. The van der Waals surface area contributed by atoms with Crippen LogP contribution in [0.25, 0.3) is 11.3 Å². The zero-order chi connectivity index (χ0) is 14.5. The van der Waals surface area contributed by atoms with Crippen LogP contribution in [-0.2, 0) is 0 Å². The van der Waals surface area contributed by atoms with Gasteiger partial charge in [-0.1, -0.05) is 31.4 Å². The van der Waals surface area contributed by atoms with Crippen LogP contribution in [0.1, 0.15) is 32.1 Å². The van der Waals surface area contributed by atoms with Gasteiger partial charge in [0.15, 0.2) is 0 Å². The summed E-state index contributed by atoms with van der Waals surface area (Å²) >= 11 is 0. The monoisotopic (exact) mass is 283 g/mol. The first-order chi connectivity index (χ1) is 10.4. The van der Waals surface area contributed by atoms with Crippen molar-refractivity contribution in [3.8, 4) is 17.0 Å². The summed E-state index contributed by atoms with van der Waals surface area (Å²) in [6.07, 6.45) is 8.05. The maximum absolute atomic E-state index is 5.41. The fourth-order valence-corrected chi connectivity index (χ4v) is 2.90. The second kappa shape index (κ2) is 6.57. The van der Waals surface area contributed by atoms with Gasteiger partial charge in [-0.3, -0.25) is 0 Å². The fourth-order valence-electron chi connectivity index (χ4n) is 2.90. The van der Waals surface area contributed by atoms with Crippen LogP contribution in [0.15, 0.2) is 36.7 Å². The molecule has 1 saturated carbocycles. The predicted molar refractivity (Wildman–Crippen MR) is 84.5 cm³/mol. The van der Waals surface area contributed by atoms with Crippen LogP contribution in [0, 0.1) is 0 Å². The zero-order valence-electron chi connectivity index (χ0n) is 12.4. The van der Waals surface area contributed by atoms with Crippen LogP contribution < -0.4 is 10.1 Å². The highest BCUT2D eigenvalue weighted by atomic mass is 16.5. The molecule has 3 rings (SSSR count). The van der Waals surface area contributed by atoms with Crippen LogP contribution >= 0.6 is 0 Å². The number of nitrogens with zero attached hydrogens (tertiary/aromatic N) is 2. The molecule has 0 spiro atoms. The van der Waals surface area contributed by atoms with E-state index in [1.165, 1.54) is 32.1 Å². The molecule has 0 saturated heterocycles. The molecule has 1 aliphatic rings. The summed E-state index contributed by atoms with van der Waals surface area (Å²) < 4.78 is 5.41. The van der Waals surface area contributed by atoms with Crippen molar-refractivity contribution in [2.45, 2.75) is 38.1 Å². The lowest BCUT2D eigenvalue weighted by Crippen LogP contribution is -2.22. The summed E-state index contributed by atoms with van der Waals surface area (Å²) in [6.45, 7) is 0. The molecule has 110 valence electrons. The third-order valence-corrected chi connectivity index (χ3v) is 4.01. The Hall–Kier alpha value is -2.10. The number of hydrogen-bond donors (Lipinski definition) is 1. The smallest absolute Gasteiger partial charge is 0.130 e. The largest absolute Gasteiger partial charge is 0.496 e. The van der Waals surface area contributed by atoms with Crippen molar-refractivity contribution in [3.05, 3.63) is 36.7 Å². The van der Waals surface area contributed by atoms with Crippen molar-refractivity contribution >= 4 is 5.82 Å². The van der Waals surface area contributed by atoms with E-state index in [2.05, 4.69) is 15.3 Å². The number of hydrogen-bond acceptors (Lipinski definition) is 4. The van der Waals surface area contributed by atoms with Crippen LogP contribution in [0.5, 0.6) is 5.75 Å². The number of methoxy groups -OCH3 is 1. The lowest BCUT2D eigenvalue weighted by atomic mass is 9.95. The van der Waals surface area contributed by atoms with Crippen molar-refractivity contribution in [2.75, 3.05) is 12.4 Å². The molecule has 0 atom stereocenters. The van der Waals surface area contributed by atoms with E-state index in [1.54, 1.807) is 13.4 Å². The minimum absolute atomic E-state index is 0.541. The average Bonchev–Trinajstić information content (AvgIpc) is 2.56. The van der Waals surface area contributed by atoms with Crippen molar-refractivity contribution in [3.63, 3.8) is 0 Å². The van der Waals surface area contributed by atoms with Crippen molar-refractivity contribution in [2.24, 2.45) is 0 Å². The van der Waals surface area contributed by atoms with E-state index in [1.807, 2.05) is 30.3 Å². The lowest BCUT2D eigenvalue weighted by molar-refractivity contribution is 0.416. The van der Waals surface area contributed by atoms with E-state index in [0.29, 0.717) is 6.04 Å². The summed E-state index contributed by atoms with van der Waals surface area (Å²) in [6, 6.07) is 10.5. The third kappa shape index (κ3) is 3.32. The van der Waals surface area contributed by atoms with Gasteiger partial charge in [-0.2, -0.15) is 0 Å². The number of aromatic nitrogens is 2. The molecule has 1 N–H and O–H groups in total. The second-order valence-electron chi connectivity index (χ2n) is 5.47. The maximum atomic E-state index is 5.41. The number of ether oxygens (including phenoxy) is 1. The molecule has 4 heteroatoms. The molecular weight excluding hydrogens is 262 g/mol. The number of benzene rings is 1. The highest BCUT2D eigenvalue weighted by Crippen LogP contribution is 2.29. The zero-order valence-corrected chi connectivity index (χ0v) is 12.4. The highest BCUT2D eigenvalue weighted by molar-refractivity contribution is 5.68. The van der Waals surface area contributed by atoms with E-state index < -0.39 is 0 Å². The lowest BCUT2D eigenvalue weighted by Gasteiger charge is -2.23. The fraction of sp³-hybridized carbons (Fsp3) is 0.412. The minimum Gasteiger partial charge on any atom is -0.496 e. The maximum Gasteiger partial charge on any atom is 0.130 e. The Bertz CT molecular complexity index is 594. The quantitative estimate of drug-likeness (QED) is 0.924. The first kappa shape index (κ1) is 13.9. The van der Waals surface area contributed by atoms with Crippen LogP contribution in [-0.4, -0.2) is 23.1 Å². The van der Waals surface area contributed by atoms with E-state index in [9.17, 15) is 0 Å². The highest BCUT2D eigenvalue weighted by Gasteiger charge is 2.14. The summed E-state index contributed by atoms with van der Waals surface area (Å²) in [5.74, 6) is 1.73. The van der Waals surface area contributed by atoms with Gasteiger partial charge in [0.1, 0.15) is 17.9 Å². The Morgan fingerprint density at radius 3 is 2.71 bits per heavy atom. The Balaban J connectivity index is 1.82. The van der Waals surface area contributed by atoms with Gasteiger partial charge in [0.25, 0.3) is 0 Å². The van der Waals surface area contributed by atoms with Crippen molar-refractivity contribution in [1.29, 1.82) is 0 Å². The summed E-state index contributed by atoms with van der Waals surface area (Å²) in [4.78, 5) is 8.73. The average molecular weight is 283 g/mol. The van der Waals surface area contributed by atoms with Crippen molar-refractivity contribution < 1.29 is 4.74 Å². The number of nitrogens with one attached hydrogen (secondary N) is 1. The van der Waals surface area contributed by atoms with E-state index in [-0.39, 0.29) is 0 Å². The van der Waals surface area contributed by atoms with Crippen molar-refractivity contribution in [1.82, 2.24) is 9.97 Å². The van der Waals surface area contributed by atoms with Gasteiger partial charge in [0.05, 0.1) is 12.8 Å². The van der Waals surface area contributed by atoms with Gasteiger partial charge in [0, 0.05) is 17.7 Å². The normalized spacial score (nSPS) is 15.7. The van der Waals surface area contributed by atoms with Gasteiger partial charge >= 0.3 is 0 Å². The van der Waals surface area contributed by atoms with E-state index in [4.69, 9.17) is 4.74 Å². The Morgan fingerprint density at radius 2 is 1.90 bits per heavy atom. The number of anilines is 1. The van der Waals surface area contributed by atoms with Gasteiger partial charge in [0.2, 0.25) is 0 Å². The molecule has 1 aromatic carbocycles. The van der Waals surface area contributed by atoms with Gasteiger partial charge in [-0.15, -0.1) is 0 Å². The molecule has 2 aromatic rings. The first-order valence-corrected chi connectivity index (χ1v) is 7.59. The molecule has 0 unspecified atom stereocenters. The van der Waals surface area contributed by atoms with Gasteiger partial charge < -0.3 is 10.1 Å². The predicted octanol–water partition coefficient (Wildman–Crippen LogP) is 3.90. The molecule has 1 aliphatic carbocycles. The minimum atomic E-state index is 0.541. The van der Waals surface area contributed by atoms with Crippen LogP contribution in [0.4, 0.5) is 5.82 Å². The summed E-state index contributed by atoms with van der Waals surface area (Å²) in [5.41, 5.74) is 1.88. The van der Waals surface area contributed by atoms with E-state index in [0.717, 1.165) is 22.8 Å². The standard InChI is InChI=1S/C17H21N3O/c1-21-16-10-6-5-9-14(16)15-11-17(19-12-18-15)20-13-7-3-2-4-8-13/h5-6,9-13H,2-4,7-8H2,1H3,(H,18,19,20). The van der Waals surface area contributed by atoms with Crippen LogP contribution in [0.2, 0.25) is 0 Å². The molecular formula is C17H21N3O. The topological polar surface area (TPSA) is 47.0 Å². The summed E-state index contributed by atoms with van der Waals surface area (Å²) in [7, 11) is 1.68. The molecule has 1 fully saturated rings. The number of para-hydroxylation sites is 1. The Kier molecular flexibility index (Phi) is 4.34. The molecule has 21 heavy (non-hydrogen) atoms. The first-order valence-electron chi connectivity index (χ1n) is 7.59. The molecule has 1 aromatic heterocycles. The molecule has 4 nitrogen and oxygen atoms in total. The molecule has 0 bridgehead atoms. The number of rotatable bonds is 4. The SMILES string of the molecule is COc1ccccc1-c1cc(NC2CCCCC2)ncn1. The Labute approximate surface area is 125 Å². The van der Waals surface area contributed by atoms with E-state index >= 15 is 0 Å². The van der Waals surface area contributed by atoms with Gasteiger partial charge in [-0.05, 0) is 25.0 Å². The summed E-state index contributed by atoms with van der Waals surface area (Å²) in [5, 5.41) is 3.54. The molecule has 0 radical (unpaired) electrons. The third-order valence-electron chi connectivity index (χ3n) is 4.01. The van der Waals surface area contributed by atoms with Gasteiger partial charge in [-0.25, -0.2) is 9.97 Å². The molecule has 1 heterocycles.